The largest absolute Gasteiger partial charge is 0.352 e. The third-order valence-corrected chi connectivity index (χ3v) is 3.20. The van der Waals surface area contributed by atoms with Crippen molar-refractivity contribution in [2.45, 2.75) is 39.8 Å². The van der Waals surface area contributed by atoms with E-state index < -0.39 is 6.04 Å². The summed E-state index contributed by atoms with van der Waals surface area (Å²) in [6.45, 7) is 7.60. The quantitative estimate of drug-likeness (QED) is 0.848. The van der Waals surface area contributed by atoms with Gasteiger partial charge in [0, 0.05) is 11.7 Å². The Bertz CT molecular complexity index is 671. The first-order valence-electron chi connectivity index (χ1n) is 6.28. The zero-order valence-corrected chi connectivity index (χ0v) is 12.3. The number of aryl methyl sites for hydroxylation is 1. The Kier molecular flexibility index (Phi) is 3.71. The number of rotatable bonds is 3. The minimum Gasteiger partial charge on any atom is -0.352 e. The van der Waals surface area contributed by atoms with Crippen LogP contribution in [0.1, 0.15) is 32.5 Å². The SMILES string of the molecule is Cc1ccc2[nH]c(=S)n(C(C)C(=O)NC(C)C)c2n1. The number of nitrogens with zero attached hydrogens (tertiary/aromatic N) is 2. The molecule has 0 aliphatic carbocycles. The molecule has 0 fully saturated rings. The number of aromatic nitrogens is 3. The average molecular weight is 278 g/mol. The van der Waals surface area contributed by atoms with Crippen LogP contribution in [-0.4, -0.2) is 26.5 Å². The van der Waals surface area contributed by atoms with E-state index >= 15 is 0 Å². The Balaban J connectivity index is 2.49. The van der Waals surface area contributed by atoms with Crippen molar-refractivity contribution in [1.82, 2.24) is 19.9 Å². The number of amides is 1. The summed E-state index contributed by atoms with van der Waals surface area (Å²) in [5, 5.41) is 2.89. The van der Waals surface area contributed by atoms with Crippen molar-refractivity contribution < 1.29 is 4.79 Å². The van der Waals surface area contributed by atoms with Gasteiger partial charge in [-0.15, -0.1) is 0 Å². The zero-order chi connectivity index (χ0) is 14.2. The highest BCUT2D eigenvalue weighted by Crippen LogP contribution is 2.18. The van der Waals surface area contributed by atoms with Crippen LogP contribution in [-0.2, 0) is 4.79 Å². The molecule has 0 aromatic carbocycles. The van der Waals surface area contributed by atoms with Gasteiger partial charge in [0.25, 0.3) is 0 Å². The van der Waals surface area contributed by atoms with E-state index in [1.807, 2.05) is 39.8 Å². The third kappa shape index (κ3) is 2.68. The van der Waals surface area contributed by atoms with Gasteiger partial charge in [0.05, 0.1) is 5.52 Å². The van der Waals surface area contributed by atoms with Crippen LogP contribution >= 0.6 is 12.2 Å². The molecule has 0 aliphatic rings. The highest BCUT2D eigenvalue weighted by Gasteiger charge is 2.19. The minimum absolute atomic E-state index is 0.0599. The second-order valence-electron chi connectivity index (χ2n) is 4.96. The van der Waals surface area contributed by atoms with Crippen LogP contribution < -0.4 is 5.32 Å². The van der Waals surface area contributed by atoms with Gasteiger partial charge in [-0.25, -0.2) is 4.98 Å². The fraction of sp³-hybridized carbons (Fsp3) is 0.462. The maximum atomic E-state index is 12.1. The molecular weight excluding hydrogens is 260 g/mol. The van der Waals surface area contributed by atoms with E-state index in [1.54, 1.807) is 4.57 Å². The number of nitrogens with one attached hydrogen (secondary N) is 2. The number of aromatic amines is 1. The number of hydrogen-bond donors (Lipinski definition) is 2. The molecule has 0 spiro atoms. The zero-order valence-electron chi connectivity index (χ0n) is 11.5. The van der Waals surface area contributed by atoms with Crippen molar-refractivity contribution >= 4 is 29.3 Å². The first-order chi connectivity index (χ1) is 8.90. The molecule has 5 nitrogen and oxygen atoms in total. The van der Waals surface area contributed by atoms with E-state index in [0.29, 0.717) is 4.77 Å². The fourth-order valence-corrected chi connectivity index (χ4v) is 2.33. The molecule has 19 heavy (non-hydrogen) atoms. The average Bonchev–Trinajstić information content (AvgIpc) is 2.62. The predicted molar refractivity (Wildman–Crippen MR) is 77.6 cm³/mol. The number of carbonyl (C=O) groups is 1. The maximum absolute atomic E-state index is 12.1. The second-order valence-corrected chi connectivity index (χ2v) is 5.35. The summed E-state index contributed by atoms with van der Waals surface area (Å²) < 4.78 is 2.27. The smallest absolute Gasteiger partial charge is 0.243 e. The molecule has 0 bridgehead atoms. The first kappa shape index (κ1) is 13.7. The molecule has 0 saturated carbocycles. The molecule has 6 heteroatoms. The van der Waals surface area contributed by atoms with E-state index in [9.17, 15) is 4.79 Å². The van der Waals surface area contributed by atoms with Gasteiger partial charge in [0.1, 0.15) is 6.04 Å². The first-order valence-corrected chi connectivity index (χ1v) is 6.69. The van der Waals surface area contributed by atoms with Crippen LogP contribution in [0.2, 0.25) is 0 Å². The van der Waals surface area contributed by atoms with Crippen LogP contribution in [0.25, 0.3) is 11.2 Å². The van der Waals surface area contributed by atoms with Gasteiger partial charge >= 0.3 is 0 Å². The molecule has 2 aromatic heterocycles. The van der Waals surface area contributed by atoms with Gasteiger partial charge in [-0.2, -0.15) is 0 Å². The van der Waals surface area contributed by atoms with Crippen LogP contribution in [0.3, 0.4) is 0 Å². The molecule has 2 rings (SSSR count). The normalized spacial score (nSPS) is 12.9. The fourth-order valence-electron chi connectivity index (χ4n) is 1.98. The Morgan fingerprint density at radius 2 is 2.11 bits per heavy atom. The minimum atomic E-state index is -0.391. The van der Waals surface area contributed by atoms with Crippen molar-refractivity contribution in [3.63, 3.8) is 0 Å². The number of pyridine rings is 1. The molecule has 2 N–H and O–H groups in total. The summed E-state index contributed by atoms with van der Waals surface area (Å²) in [6.07, 6.45) is 0. The standard InChI is InChI=1S/C13H18N4OS/c1-7(2)14-12(18)9(4)17-11-10(16-13(17)19)6-5-8(3)15-11/h5-7,9H,1-4H3,(H,14,18)(H,16,19). The molecule has 1 amide bonds. The third-order valence-electron chi connectivity index (χ3n) is 2.90. The number of fused-ring (bicyclic) bond motifs is 1. The molecule has 0 aliphatic heterocycles. The van der Waals surface area contributed by atoms with E-state index in [0.717, 1.165) is 16.9 Å². The molecular formula is C13H18N4OS. The number of imidazole rings is 1. The number of carbonyl (C=O) groups excluding carboxylic acids is 1. The topological polar surface area (TPSA) is 62.7 Å². The second kappa shape index (κ2) is 5.13. The van der Waals surface area contributed by atoms with Crippen molar-refractivity contribution in [3.05, 3.63) is 22.6 Å². The van der Waals surface area contributed by atoms with Gasteiger partial charge in [0.15, 0.2) is 10.4 Å². The van der Waals surface area contributed by atoms with Gasteiger partial charge in [-0.1, -0.05) is 0 Å². The van der Waals surface area contributed by atoms with E-state index in [4.69, 9.17) is 12.2 Å². The number of H-pyrrole nitrogens is 1. The van der Waals surface area contributed by atoms with Gasteiger partial charge in [-0.05, 0) is 52.0 Å². The van der Waals surface area contributed by atoms with E-state index in [-0.39, 0.29) is 11.9 Å². The Labute approximate surface area is 117 Å². The lowest BCUT2D eigenvalue weighted by molar-refractivity contribution is -0.124. The summed E-state index contributed by atoms with van der Waals surface area (Å²) in [5.41, 5.74) is 2.46. The molecule has 0 saturated heterocycles. The molecule has 1 unspecified atom stereocenters. The highest BCUT2D eigenvalue weighted by molar-refractivity contribution is 7.71. The highest BCUT2D eigenvalue weighted by atomic mass is 32.1. The van der Waals surface area contributed by atoms with Crippen molar-refractivity contribution in [1.29, 1.82) is 0 Å². The Hall–Kier alpha value is -1.69. The van der Waals surface area contributed by atoms with Crippen molar-refractivity contribution in [2.24, 2.45) is 0 Å². The van der Waals surface area contributed by atoms with Crippen LogP contribution in [0.5, 0.6) is 0 Å². The monoisotopic (exact) mass is 278 g/mol. The van der Waals surface area contributed by atoms with E-state index in [1.165, 1.54) is 0 Å². The van der Waals surface area contributed by atoms with Crippen molar-refractivity contribution in [3.8, 4) is 0 Å². The summed E-state index contributed by atoms with van der Waals surface area (Å²) in [7, 11) is 0. The Morgan fingerprint density at radius 1 is 1.42 bits per heavy atom. The molecule has 102 valence electrons. The summed E-state index contributed by atoms with van der Waals surface area (Å²) >= 11 is 5.29. The van der Waals surface area contributed by atoms with Gasteiger partial charge < -0.3 is 10.3 Å². The predicted octanol–water partition coefficient (Wildman–Crippen LogP) is 2.49. The Morgan fingerprint density at radius 3 is 2.74 bits per heavy atom. The van der Waals surface area contributed by atoms with Crippen LogP contribution in [0.15, 0.2) is 12.1 Å². The van der Waals surface area contributed by atoms with E-state index in [2.05, 4.69) is 15.3 Å². The summed E-state index contributed by atoms with van der Waals surface area (Å²) in [6, 6.07) is 3.55. The molecule has 0 radical (unpaired) electrons. The van der Waals surface area contributed by atoms with Crippen LogP contribution in [0, 0.1) is 11.7 Å². The summed E-state index contributed by atoms with van der Waals surface area (Å²) in [5.74, 6) is -0.0599. The van der Waals surface area contributed by atoms with Crippen LogP contribution in [0.4, 0.5) is 0 Å². The number of hydrogen-bond acceptors (Lipinski definition) is 3. The molecule has 2 heterocycles. The lowest BCUT2D eigenvalue weighted by Crippen LogP contribution is -2.35. The van der Waals surface area contributed by atoms with Gasteiger partial charge in [0.2, 0.25) is 5.91 Å². The lowest BCUT2D eigenvalue weighted by Gasteiger charge is -2.16. The van der Waals surface area contributed by atoms with Gasteiger partial charge in [-0.3, -0.25) is 9.36 Å². The molecule has 2 aromatic rings. The lowest BCUT2D eigenvalue weighted by atomic mass is 10.2. The van der Waals surface area contributed by atoms with Crippen molar-refractivity contribution in [2.75, 3.05) is 0 Å². The maximum Gasteiger partial charge on any atom is 0.243 e. The molecule has 1 atom stereocenters. The summed E-state index contributed by atoms with van der Waals surface area (Å²) in [4.78, 5) is 19.7.